The van der Waals surface area contributed by atoms with E-state index in [1.807, 2.05) is 0 Å². The number of hydrogen-bond donors (Lipinski definition) is 0. The van der Waals surface area contributed by atoms with E-state index in [9.17, 15) is 8.42 Å². The van der Waals surface area contributed by atoms with E-state index < -0.39 is 10.0 Å². The van der Waals surface area contributed by atoms with Gasteiger partial charge >= 0.3 is 0 Å². The number of nitrogens with zero attached hydrogens (tertiary/aromatic N) is 4. The van der Waals surface area contributed by atoms with Gasteiger partial charge < -0.3 is 0 Å². The van der Waals surface area contributed by atoms with Crippen LogP contribution in [0.4, 0.5) is 0 Å². The first-order chi connectivity index (χ1) is 9.09. The molecule has 1 aliphatic rings. The van der Waals surface area contributed by atoms with Crippen molar-refractivity contribution in [2.45, 2.75) is 17.7 Å². The molecule has 0 amide bonds. The topological polar surface area (TPSA) is 97.8 Å². The SMILES string of the molecule is N#Cc1ncccc1S(=O)(=O)N1CCCC(C#N)C1. The van der Waals surface area contributed by atoms with E-state index in [-0.39, 0.29) is 23.1 Å². The van der Waals surface area contributed by atoms with Crippen LogP contribution < -0.4 is 0 Å². The Balaban J connectivity index is 2.38. The van der Waals surface area contributed by atoms with Gasteiger partial charge in [-0.15, -0.1) is 0 Å². The van der Waals surface area contributed by atoms with E-state index in [0.29, 0.717) is 19.4 Å². The van der Waals surface area contributed by atoms with Gasteiger partial charge in [-0.25, -0.2) is 13.4 Å². The minimum absolute atomic E-state index is 0.0870. The smallest absolute Gasteiger partial charge is 0.244 e. The molecule has 98 valence electrons. The fourth-order valence-electron chi connectivity index (χ4n) is 2.09. The molecular formula is C12H12N4O2S. The molecule has 19 heavy (non-hydrogen) atoms. The number of nitriles is 2. The maximum Gasteiger partial charge on any atom is 0.246 e. The predicted molar refractivity (Wildman–Crippen MR) is 66.0 cm³/mol. The van der Waals surface area contributed by atoms with Crippen molar-refractivity contribution in [2.24, 2.45) is 5.92 Å². The van der Waals surface area contributed by atoms with E-state index in [1.54, 1.807) is 6.07 Å². The van der Waals surface area contributed by atoms with Crippen molar-refractivity contribution in [1.82, 2.24) is 9.29 Å². The van der Waals surface area contributed by atoms with Crippen LogP contribution in [0.3, 0.4) is 0 Å². The highest BCUT2D eigenvalue weighted by Crippen LogP contribution is 2.24. The standard InChI is InChI=1S/C12H12N4O2S/c13-7-10-3-2-6-16(9-10)19(17,18)12-4-1-5-15-11(12)8-14/h1,4-5,10H,2-3,6,9H2. The van der Waals surface area contributed by atoms with Gasteiger partial charge in [-0.2, -0.15) is 14.8 Å². The van der Waals surface area contributed by atoms with Crippen molar-refractivity contribution in [3.63, 3.8) is 0 Å². The monoisotopic (exact) mass is 276 g/mol. The molecule has 1 aromatic heterocycles. The van der Waals surface area contributed by atoms with Crippen LogP contribution in [-0.2, 0) is 10.0 Å². The molecule has 0 bridgehead atoms. The zero-order chi connectivity index (χ0) is 13.9. The third-order valence-corrected chi connectivity index (χ3v) is 4.96. The van der Waals surface area contributed by atoms with Crippen LogP contribution in [0, 0.1) is 28.6 Å². The lowest BCUT2D eigenvalue weighted by Gasteiger charge is -2.28. The average molecular weight is 276 g/mol. The molecular weight excluding hydrogens is 264 g/mol. The summed E-state index contributed by atoms with van der Waals surface area (Å²) in [6.45, 7) is 0.554. The van der Waals surface area contributed by atoms with Crippen molar-refractivity contribution >= 4 is 10.0 Å². The van der Waals surface area contributed by atoms with Crippen LogP contribution in [0.15, 0.2) is 23.2 Å². The lowest BCUT2D eigenvalue weighted by Crippen LogP contribution is -2.39. The molecule has 1 aliphatic heterocycles. The van der Waals surface area contributed by atoms with Gasteiger partial charge in [0.1, 0.15) is 11.0 Å². The molecule has 1 fully saturated rings. The number of rotatable bonds is 2. The summed E-state index contributed by atoms with van der Waals surface area (Å²) in [5.41, 5.74) is -0.110. The lowest BCUT2D eigenvalue weighted by atomic mass is 10.0. The molecule has 0 saturated carbocycles. The fraction of sp³-hybridized carbons (Fsp3) is 0.417. The normalized spacial score (nSPS) is 20.4. The Labute approximate surface area is 112 Å². The molecule has 1 saturated heterocycles. The molecule has 1 unspecified atom stereocenters. The third-order valence-electron chi connectivity index (χ3n) is 3.06. The number of pyridine rings is 1. The lowest BCUT2D eigenvalue weighted by molar-refractivity contribution is 0.305. The van der Waals surface area contributed by atoms with E-state index in [4.69, 9.17) is 10.5 Å². The molecule has 0 aromatic carbocycles. The molecule has 2 heterocycles. The molecule has 6 nitrogen and oxygen atoms in total. The van der Waals surface area contributed by atoms with Crippen LogP contribution in [0.25, 0.3) is 0 Å². The second-order valence-electron chi connectivity index (χ2n) is 4.29. The first-order valence-electron chi connectivity index (χ1n) is 5.84. The maximum absolute atomic E-state index is 12.5. The Morgan fingerprint density at radius 2 is 2.21 bits per heavy atom. The third kappa shape index (κ3) is 2.58. The zero-order valence-corrected chi connectivity index (χ0v) is 11.0. The maximum atomic E-state index is 12.5. The van der Waals surface area contributed by atoms with E-state index in [1.165, 1.54) is 22.6 Å². The van der Waals surface area contributed by atoms with Gasteiger partial charge in [-0.3, -0.25) is 0 Å². The van der Waals surface area contributed by atoms with Crippen LogP contribution in [0.5, 0.6) is 0 Å². The quantitative estimate of drug-likeness (QED) is 0.798. The van der Waals surface area contributed by atoms with E-state index in [0.717, 1.165) is 0 Å². The van der Waals surface area contributed by atoms with Gasteiger partial charge in [0.05, 0.1) is 12.0 Å². The first-order valence-corrected chi connectivity index (χ1v) is 7.28. The Hall–Kier alpha value is -1.96. The molecule has 1 atom stereocenters. The summed E-state index contributed by atoms with van der Waals surface area (Å²) in [7, 11) is -3.75. The van der Waals surface area contributed by atoms with E-state index >= 15 is 0 Å². The van der Waals surface area contributed by atoms with Gasteiger partial charge in [-0.05, 0) is 25.0 Å². The minimum atomic E-state index is -3.75. The first kappa shape index (κ1) is 13.5. The highest BCUT2D eigenvalue weighted by Gasteiger charge is 2.32. The van der Waals surface area contributed by atoms with Crippen molar-refractivity contribution < 1.29 is 8.42 Å². The van der Waals surface area contributed by atoms with Crippen LogP contribution in [-0.4, -0.2) is 30.8 Å². The van der Waals surface area contributed by atoms with Crippen molar-refractivity contribution in [1.29, 1.82) is 10.5 Å². The van der Waals surface area contributed by atoms with Crippen LogP contribution in [0.2, 0.25) is 0 Å². The molecule has 0 spiro atoms. The van der Waals surface area contributed by atoms with Crippen LogP contribution >= 0.6 is 0 Å². The summed E-state index contributed by atoms with van der Waals surface area (Å²) < 4.78 is 26.2. The number of hydrogen-bond acceptors (Lipinski definition) is 5. The Bertz CT molecular complexity index is 657. The van der Waals surface area contributed by atoms with Gasteiger partial charge in [-0.1, -0.05) is 0 Å². The summed E-state index contributed by atoms with van der Waals surface area (Å²) >= 11 is 0. The van der Waals surface area contributed by atoms with Gasteiger partial charge in [0.25, 0.3) is 0 Å². The Morgan fingerprint density at radius 1 is 1.42 bits per heavy atom. The molecule has 7 heteroatoms. The van der Waals surface area contributed by atoms with Crippen LogP contribution in [0.1, 0.15) is 18.5 Å². The van der Waals surface area contributed by atoms with Gasteiger partial charge in [0, 0.05) is 19.3 Å². The number of piperidine rings is 1. The van der Waals surface area contributed by atoms with Crippen molar-refractivity contribution in [3.8, 4) is 12.1 Å². The number of sulfonamides is 1. The minimum Gasteiger partial charge on any atom is -0.244 e. The molecule has 1 aromatic rings. The van der Waals surface area contributed by atoms with Crippen molar-refractivity contribution in [2.75, 3.05) is 13.1 Å². The fourth-order valence-corrected chi connectivity index (χ4v) is 3.70. The largest absolute Gasteiger partial charge is 0.246 e. The highest BCUT2D eigenvalue weighted by molar-refractivity contribution is 7.89. The highest BCUT2D eigenvalue weighted by atomic mass is 32.2. The second-order valence-corrected chi connectivity index (χ2v) is 6.20. The zero-order valence-electron chi connectivity index (χ0n) is 10.2. The average Bonchev–Trinajstić information content (AvgIpc) is 2.47. The van der Waals surface area contributed by atoms with Crippen molar-refractivity contribution in [3.05, 3.63) is 24.0 Å². The summed E-state index contributed by atoms with van der Waals surface area (Å²) in [5.74, 6) is -0.286. The summed E-state index contributed by atoms with van der Waals surface area (Å²) in [6.07, 6.45) is 2.74. The molecule has 0 N–H and O–H groups in total. The number of aromatic nitrogens is 1. The molecule has 2 rings (SSSR count). The summed E-state index contributed by atoms with van der Waals surface area (Å²) in [4.78, 5) is 3.68. The summed E-state index contributed by atoms with van der Waals surface area (Å²) in [6, 6.07) is 6.74. The molecule has 0 aliphatic carbocycles. The Morgan fingerprint density at radius 3 is 2.89 bits per heavy atom. The molecule has 0 radical (unpaired) electrons. The van der Waals surface area contributed by atoms with Gasteiger partial charge in [0.15, 0.2) is 5.69 Å². The second kappa shape index (κ2) is 5.35. The summed E-state index contributed by atoms with van der Waals surface area (Å²) in [5, 5.41) is 17.8. The van der Waals surface area contributed by atoms with E-state index in [2.05, 4.69) is 11.1 Å². The predicted octanol–water partition coefficient (Wildman–Crippen LogP) is 0.878. The Kier molecular flexibility index (Phi) is 3.79. The van der Waals surface area contributed by atoms with Gasteiger partial charge in [0.2, 0.25) is 10.0 Å².